The number of nitrogens with two attached hydrogens (primary N) is 1. The van der Waals surface area contributed by atoms with E-state index < -0.39 is 6.10 Å². The van der Waals surface area contributed by atoms with E-state index >= 15 is 0 Å². The van der Waals surface area contributed by atoms with Gasteiger partial charge in [-0.1, -0.05) is 0 Å². The number of nitrogen functional groups attached to an aromatic ring is 1. The van der Waals surface area contributed by atoms with Crippen LogP contribution in [-0.4, -0.2) is 10.1 Å². The molecule has 0 aliphatic rings. The Bertz CT molecular complexity index is 197. The standard InChI is InChI=1S/C5H7N2OS/c1-3(8)4-2-9-5(6)7-4/h2-3,8H,1H2,(H2,6,7). The van der Waals surface area contributed by atoms with E-state index in [4.69, 9.17) is 10.8 Å². The first kappa shape index (κ1) is 6.51. The summed E-state index contributed by atoms with van der Waals surface area (Å²) >= 11 is 1.30. The summed E-state index contributed by atoms with van der Waals surface area (Å²) in [6, 6.07) is 0. The van der Waals surface area contributed by atoms with Crippen molar-refractivity contribution in [2.24, 2.45) is 0 Å². The summed E-state index contributed by atoms with van der Waals surface area (Å²) in [7, 11) is 0. The molecule has 0 bridgehead atoms. The Kier molecular flexibility index (Phi) is 1.68. The smallest absolute Gasteiger partial charge is 0.180 e. The molecule has 1 atom stereocenters. The summed E-state index contributed by atoms with van der Waals surface area (Å²) in [5.74, 6) is 0. The quantitative estimate of drug-likeness (QED) is 0.605. The van der Waals surface area contributed by atoms with Crippen LogP contribution in [0, 0.1) is 6.92 Å². The van der Waals surface area contributed by atoms with E-state index in [0.29, 0.717) is 10.8 Å². The van der Waals surface area contributed by atoms with Gasteiger partial charge < -0.3 is 10.8 Å². The molecule has 3 N–H and O–H groups in total. The lowest BCUT2D eigenvalue weighted by atomic mass is 10.3. The first-order chi connectivity index (χ1) is 4.20. The van der Waals surface area contributed by atoms with Gasteiger partial charge in [-0.2, -0.15) is 0 Å². The third-order valence-corrected chi connectivity index (χ3v) is 1.57. The lowest BCUT2D eigenvalue weighted by Crippen LogP contribution is -1.91. The molecule has 0 aromatic carbocycles. The minimum atomic E-state index is -0.751. The van der Waals surface area contributed by atoms with Gasteiger partial charge in [0.25, 0.3) is 0 Å². The van der Waals surface area contributed by atoms with Gasteiger partial charge in [0.15, 0.2) is 5.13 Å². The van der Waals surface area contributed by atoms with Crippen LogP contribution in [0.25, 0.3) is 0 Å². The van der Waals surface area contributed by atoms with E-state index in [1.807, 2.05) is 0 Å². The number of aliphatic hydroxyl groups is 1. The second kappa shape index (κ2) is 2.33. The number of anilines is 1. The highest BCUT2D eigenvalue weighted by Crippen LogP contribution is 2.16. The molecule has 1 rings (SSSR count). The number of aromatic nitrogens is 1. The molecule has 0 spiro atoms. The van der Waals surface area contributed by atoms with Crippen molar-refractivity contribution < 1.29 is 5.11 Å². The Hall–Kier alpha value is -0.610. The second-order valence-corrected chi connectivity index (χ2v) is 2.52. The number of hydrogen-bond donors (Lipinski definition) is 2. The monoisotopic (exact) mass is 143 g/mol. The molecular weight excluding hydrogens is 136 g/mol. The van der Waals surface area contributed by atoms with Crippen molar-refractivity contribution in [2.75, 3.05) is 5.73 Å². The molecule has 0 amide bonds. The van der Waals surface area contributed by atoms with Crippen LogP contribution in [0.1, 0.15) is 11.8 Å². The first-order valence-corrected chi connectivity index (χ1v) is 3.30. The van der Waals surface area contributed by atoms with Crippen LogP contribution >= 0.6 is 11.3 Å². The third-order valence-electron chi connectivity index (χ3n) is 0.881. The van der Waals surface area contributed by atoms with Crippen LogP contribution < -0.4 is 5.73 Å². The molecule has 1 unspecified atom stereocenters. The number of nitrogens with zero attached hydrogens (tertiary/aromatic N) is 1. The van der Waals surface area contributed by atoms with Crippen LogP contribution in [-0.2, 0) is 0 Å². The van der Waals surface area contributed by atoms with Crippen molar-refractivity contribution in [3.8, 4) is 0 Å². The minimum absolute atomic E-state index is 0.465. The van der Waals surface area contributed by atoms with E-state index in [9.17, 15) is 0 Å². The average Bonchev–Trinajstić information content (AvgIpc) is 2.14. The van der Waals surface area contributed by atoms with Crippen molar-refractivity contribution in [2.45, 2.75) is 6.10 Å². The summed E-state index contributed by atoms with van der Waals surface area (Å²) < 4.78 is 0. The maximum Gasteiger partial charge on any atom is 0.180 e. The summed E-state index contributed by atoms with van der Waals surface area (Å²) in [6.07, 6.45) is -0.751. The van der Waals surface area contributed by atoms with Crippen molar-refractivity contribution >= 4 is 16.5 Å². The topological polar surface area (TPSA) is 59.1 Å². The number of aliphatic hydroxyl groups excluding tert-OH is 1. The van der Waals surface area contributed by atoms with Gasteiger partial charge >= 0.3 is 0 Å². The highest BCUT2D eigenvalue weighted by Gasteiger charge is 2.03. The van der Waals surface area contributed by atoms with Gasteiger partial charge in [0, 0.05) is 5.38 Å². The summed E-state index contributed by atoms with van der Waals surface area (Å²) in [5, 5.41) is 11.0. The maximum atomic E-state index is 8.81. The summed E-state index contributed by atoms with van der Waals surface area (Å²) in [4.78, 5) is 3.79. The fourth-order valence-corrected chi connectivity index (χ4v) is 1.06. The van der Waals surface area contributed by atoms with E-state index in [1.54, 1.807) is 5.38 Å². The molecule has 4 heteroatoms. The molecule has 0 fully saturated rings. The Morgan fingerprint density at radius 1 is 1.89 bits per heavy atom. The largest absolute Gasteiger partial charge is 0.387 e. The van der Waals surface area contributed by atoms with Crippen molar-refractivity contribution in [1.29, 1.82) is 0 Å². The highest BCUT2D eigenvalue weighted by molar-refractivity contribution is 7.13. The van der Waals surface area contributed by atoms with E-state index in [2.05, 4.69) is 11.9 Å². The van der Waals surface area contributed by atoms with Gasteiger partial charge in [0.05, 0.1) is 11.8 Å². The lowest BCUT2D eigenvalue weighted by Gasteiger charge is -1.94. The van der Waals surface area contributed by atoms with E-state index in [1.165, 1.54) is 11.3 Å². The van der Waals surface area contributed by atoms with Gasteiger partial charge in [0.1, 0.15) is 0 Å². The van der Waals surface area contributed by atoms with Gasteiger partial charge in [-0.3, -0.25) is 0 Å². The zero-order chi connectivity index (χ0) is 6.85. The second-order valence-electron chi connectivity index (χ2n) is 1.63. The summed E-state index contributed by atoms with van der Waals surface area (Å²) in [6.45, 7) is 3.37. The predicted octanol–water partition coefficient (Wildman–Crippen LogP) is 0.593. The molecule has 9 heavy (non-hydrogen) atoms. The average molecular weight is 143 g/mol. The Balaban J connectivity index is 2.85. The highest BCUT2D eigenvalue weighted by atomic mass is 32.1. The van der Waals surface area contributed by atoms with E-state index in [0.717, 1.165) is 0 Å². The van der Waals surface area contributed by atoms with Gasteiger partial charge in [-0.25, -0.2) is 4.98 Å². The zero-order valence-electron chi connectivity index (χ0n) is 4.74. The minimum Gasteiger partial charge on any atom is -0.387 e. The molecule has 49 valence electrons. The molecule has 1 aromatic heterocycles. The number of thiazole rings is 1. The fourth-order valence-electron chi connectivity index (χ4n) is 0.454. The Morgan fingerprint density at radius 3 is 2.78 bits per heavy atom. The lowest BCUT2D eigenvalue weighted by molar-refractivity contribution is 0.222. The van der Waals surface area contributed by atoms with Crippen LogP contribution in [0.3, 0.4) is 0 Å². The maximum absolute atomic E-state index is 8.81. The number of rotatable bonds is 1. The van der Waals surface area contributed by atoms with Crippen LogP contribution in [0.5, 0.6) is 0 Å². The fraction of sp³-hybridized carbons (Fsp3) is 0.200. The third kappa shape index (κ3) is 1.40. The molecule has 3 nitrogen and oxygen atoms in total. The SMILES string of the molecule is [CH2]C(O)c1csc(N)n1. The molecule has 0 aliphatic carbocycles. The van der Waals surface area contributed by atoms with E-state index in [-0.39, 0.29) is 0 Å². The van der Waals surface area contributed by atoms with Crippen molar-refractivity contribution in [3.63, 3.8) is 0 Å². The van der Waals surface area contributed by atoms with Crippen molar-refractivity contribution in [1.82, 2.24) is 4.98 Å². The molecule has 1 radical (unpaired) electrons. The molecule has 1 heterocycles. The Labute approximate surface area is 57.2 Å². The first-order valence-electron chi connectivity index (χ1n) is 2.42. The predicted molar refractivity (Wildman–Crippen MR) is 36.8 cm³/mol. The molecule has 0 aliphatic heterocycles. The Morgan fingerprint density at radius 2 is 2.56 bits per heavy atom. The van der Waals surface area contributed by atoms with Crippen LogP contribution in [0.2, 0.25) is 0 Å². The van der Waals surface area contributed by atoms with Gasteiger partial charge in [-0.05, 0) is 6.92 Å². The van der Waals surface area contributed by atoms with Crippen molar-refractivity contribution in [3.05, 3.63) is 18.0 Å². The number of hydrogen-bond acceptors (Lipinski definition) is 4. The van der Waals surface area contributed by atoms with Crippen LogP contribution in [0.4, 0.5) is 5.13 Å². The van der Waals surface area contributed by atoms with Crippen LogP contribution in [0.15, 0.2) is 5.38 Å². The zero-order valence-corrected chi connectivity index (χ0v) is 5.56. The molecule has 0 saturated heterocycles. The molecular formula is C5H7N2OS. The molecule has 0 saturated carbocycles. The summed E-state index contributed by atoms with van der Waals surface area (Å²) in [5.41, 5.74) is 5.82. The van der Waals surface area contributed by atoms with Gasteiger partial charge in [-0.15, -0.1) is 11.3 Å². The molecule has 1 aromatic rings. The normalized spacial score (nSPS) is 13.6. The van der Waals surface area contributed by atoms with Gasteiger partial charge in [0.2, 0.25) is 0 Å².